The molecule has 0 saturated carbocycles. The van der Waals surface area contributed by atoms with Crippen molar-refractivity contribution in [1.29, 1.82) is 0 Å². The van der Waals surface area contributed by atoms with Crippen LogP contribution < -0.4 is 4.72 Å². The number of halogens is 2. The van der Waals surface area contributed by atoms with Gasteiger partial charge in [-0.15, -0.1) is 0 Å². The van der Waals surface area contributed by atoms with Crippen LogP contribution in [-0.4, -0.2) is 31.3 Å². The van der Waals surface area contributed by atoms with Crippen molar-refractivity contribution < 1.29 is 17.6 Å². The number of benzene rings is 2. The van der Waals surface area contributed by atoms with Crippen molar-refractivity contribution in [2.24, 2.45) is 5.10 Å². The van der Waals surface area contributed by atoms with Crippen molar-refractivity contribution in [2.75, 3.05) is 11.0 Å². The normalized spacial score (nSPS) is 16.6. The fourth-order valence-corrected chi connectivity index (χ4v) is 4.10. The zero-order chi connectivity index (χ0) is 21.2. The van der Waals surface area contributed by atoms with E-state index in [0.29, 0.717) is 29.8 Å². The van der Waals surface area contributed by atoms with E-state index in [2.05, 4.69) is 9.82 Å². The van der Waals surface area contributed by atoms with Gasteiger partial charge in [0.1, 0.15) is 5.82 Å². The topological polar surface area (TPSA) is 78.8 Å². The molecule has 0 aliphatic carbocycles. The Labute approximate surface area is 174 Å². The molecular weight excluding hydrogens is 417 g/mol. The van der Waals surface area contributed by atoms with Crippen molar-refractivity contribution in [1.82, 2.24) is 5.01 Å². The molecule has 1 heterocycles. The lowest BCUT2D eigenvalue weighted by Crippen LogP contribution is -2.27. The quantitative estimate of drug-likeness (QED) is 0.730. The molecule has 2 aromatic carbocycles. The number of hydrogen-bond acceptors (Lipinski definition) is 4. The highest BCUT2D eigenvalue weighted by atomic mass is 35.5. The molecule has 0 radical (unpaired) electrons. The van der Waals surface area contributed by atoms with Crippen LogP contribution >= 0.6 is 11.6 Å². The highest BCUT2D eigenvalue weighted by molar-refractivity contribution is 7.92. The number of amides is 1. The minimum absolute atomic E-state index is 0.206. The van der Waals surface area contributed by atoms with Crippen LogP contribution in [-0.2, 0) is 14.8 Å². The number of carbonyl (C=O) groups is 1. The average Bonchev–Trinajstić information content (AvgIpc) is 3.06. The molecule has 1 atom stereocenters. The molecule has 1 amide bonds. The van der Waals surface area contributed by atoms with Crippen molar-refractivity contribution in [3.05, 3.63) is 64.4 Å². The van der Waals surface area contributed by atoms with Crippen LogP contribution in [0.3, 0.4) is 0 Å². The summed E-state index contributed by atoms with van der Waals surface area (Å²) in [6, 6.07) is 10.4. The fraction of sp³-hybridized carbons (Fsp3) is 0.300. The van der Waals surface area contributed by atoms with E-state index in [-0.39, 0.29) is 22.9 Å². The molecule has 9 heteroatoms. The first kappa shape index (κ1) is 21.3. The zero-order valence-electron chi connectivity index (χ0n) is 16.0. The van der Waals surface area contributed by atoms with Gasteiger partial charge < -0.3 is 0 Å². The SMILES string of the molecule is CCCC(=O)N1N=C(c2ccc(NS(C)(=O)=O)cc2)CC1c1c(F)cccc1Cl. The summed E-state index contributed by atoms with van der Waals surface area (Å²) in [5, 5.41) is 6.01. The third-order valence-corrected chi connectivity index (χ3v) is 5.42. The van der Waals surface area contributed by atoms with Crippen LogP contribution in [0.1, 0.15) is 43.4 Å². The maximum Gasteiger partial charge on any atom is 0.243 e. The summed E-state index contributed by atoms with van der Waals surface area (Å²) in [4.78, 5) is 12.6. The van der Waals surface area contributed by atoms with Gasteiger partial charge >= 0.3 is 0 Å². The Morgan fingerprint density at radius 2 is 1.97 bits per heavy atom. The third kappa shape index (κ3) is 4.94. The third-order valence-electron chi connectivity index (χ3n) is 4.48. The molecule has 2 aromatic rings. The molecule has 0 spiro atoms. The first-order valence-electron chi connectivity index (χ1n) is 9.11. The predicted molar refractivity (Wildman–Crippen MR) is 112 cm³/mol. The smallest absolute Gasteiger partial charge is 0.243 e. The Morgan fingerprint density at radius 1 is 1.28 bits per heavy atom. The van der Waals surface area contributed by atoms with Crippen molar-refractivity contribution in [3.63, 3.8) is 0 Å². The van der Waals surface area contributed by atoms with E-state index in [1.165, 1.54) is 17.1 Å². The van der Waals surface area contributed by atoms with Crippen molar-refractivity contribution in [2.45, 2.75) is 32.2 Å². The van der Waals surface area contributed by atoms with E-state index in [1.54, 1.807) is 30.3 Å². The fourth-order valence-electron chi connectivity index (χ4n) is 3.24. The number of anilines is 1. The number of rotatable bonds is 6. The number of nitrogens with zero attached hydrogens (tertiary/aromatic N) is 2. The number of sulfonamides is 1. The molecule has 0 bridgehead atoms. The van der Waals surface area contributed by atoms with E-state index in [0.717, 1.165) is 6.26 Å². The summed E-state index contributed by atoms with van der Waals surface area (Å²) in [6.07, 6.45) is 2.30. The van der Waals surface area contributed by atoms with Crippen molar-refractivity contribution >= 4 is 38.9 Å². The molecular formula is C20H21ClFN3O3S. The van der Waals surface area contributed by atoms with Gasteiger partial charge in [-0.05, 0) is 36.2 Å². The van der Waals surface area contributed by atoms with Gasteiger partial charge in [0.2, 0.25) is 15.9 Å². The first-order chi connectivity index (χ1) is 13.7. The molecule has 0 saturated heterocycles. The monoisotopic (exact) mass is 437 g/mol. The molecule has 1 aliphatic rings. The number of hydrazone groups is 1. The van der Waals surface area contributed by atoms with Gasteiger partial charge in [-0.3, -0.25) is 9.52 Å². The lowest BCUT2D eigenvalue weighted by Gasteiger charge is -2.23. The van der Waals surface area contributed by atoms with Crippen LogP contribution in [0.2, 0.25) is 5.02 Å². The summed E-state index contributed by atoms with van der Waals surface area (Å²) in [5.74, 6) is -0.692. The summed E-state index contributed by atoms with van der Waals surface area (Å²) in [7, 11) is -3.38. The minimum atomic E-state index is -3.38. The second kappa shape index (κ2) is 8.51. The van der Waals surface area contributed by atoms with Crippen molar-refractivity contribution in [3.8, 4) is 0 Å². The molecule has 29 heavy (non-hydrogen) atoms. The zero-order valence-corrected chi connectivity index (χ0v) is 17.6. The minimum Gasteiger partial charge on any atom is -0.284 e. The van der Waals surface area contributed by atoms with Crippen LogP contribution in [0.5, 0.6) is 0 Å². The Kier molecular flexibility index (Phi) is 6.24. The highest BCUT2D eigenvalue weighted by Crippen LogP contribution is 2.38. The maximum atomic E-state index is 14.5. The van der Waals surface area contributed by atoms with E-state index < -0.39 is 21.9 Å². The second-order valence-corrected chi connectivity index (χ2v) is 9.00. The maximum absolute atomic E-state index is 14.5. The predicted octanol–water partition coefficient (Wildman–Crippen LogP) is 4.33. The van der Waals surface area contributed by atoms with Gasteiger partial charge in [0.25, 0.3) is 0 Å². The summed E-state index contributed by atoms with van der Waals surface area (Å²) in [6.45, 7) is 1.89. The Hall–Kier alpha value is -2.45. The Morgan fingerprint density at radius 3 is 2.55 bits per heavy atom. The Balaban J connectivity index is 1.94. The molecule has 6 nitrogen and oxygen atoms in total. The largest absolute Gasteiger partial charge is 0.284 e. The van der Waals surface area contributed by atoms with Gasteiger partial charge in [-0.25, -0.2) is 17.8 Å². The van der Waals surface area contributed by atoms with Gasteiger partial charge in [-0.2, -0.15) is 5.10 Å². The van der Waals surface area contributed by atoms with Crippen LogP contribution in [0, 0.1) is 5.82 Å². The molecule has 1 unspecified atom stereocenters. The molecule has 154 valence electrons. The summed E-state index contributed by atoms with van der Waals surface area (Å²) in [5.41, 5.74) is 1.98. The first-order valence-corrected chi connectivity index (χ1v) is 11.4. The van der Waals surface area contributed by atoms with Crippen LogP contribution in [0.4, 0.5) is 10.1 Å². The molecule has 3 rings (SSSR count). The Bertz CT molecular complexity index is 1030. The van der Waals surface area contributed by atoms with Gasteiger partial charge in [-0.1, -0.05) is 36.7 Å². The second-order valence-electron chi connectivity index (χ2n) is 6.84. The van der Waals surface area contributed by atoms with E-state index in [9.17, 15) is 17.6 Å². The van der Waals surface area contributed by atoms with Gasteiger partial charge in [0, 0.05) is 29.1 Å². The molecule has 1 aliphatic heterocycles. The average molecular weight is 438 g/mol. The lowest BCUT2D eigenvalue weighted by atomic mass is 9.97. The van der Waals surface area contributed by atoms with Gasteiger partial charge in [0.15, 0.2) is 0 Å². The number of carbonyl (C=O) groups excluding carboxylic acids is 1. The van der Waals surface area contributed by atoms with Crippen LogP contribution in [0.25, 0.3) is 0 Å². The number of nitrogens with one attached hydrogen (secondary N) is 1. The molecule has 0 aromatic heterocycles. The summed E-state index contributed by atoms with van der Waals surface area (Å²) < 4.78 is 39.6. The van der Waals surface area contributed by atoms with Gasteiger partial charge in [0.05, 0.1) is 18.0 Å². The molecule has 0 fully saturated rings. The van der Waals surface area contributed by atoms with E-state index >= 15 is 0 Å². The number of hydrogen-bond donors (Lipinski definition) is 1. The molecule has 1 N–H and O–H groups in total. The lowest BCUT2D eigenvalue weighted by molar-refractivity contribution is -0.133. The van der Waals surface area contributed by atoms with E-state index in [4.69, 9.17) is 11.6 Å². The standard InChI is InChI=1S/C20H21ClFN3O3S/c1-3-5-19(26)25-18(20-15(21)6-4-7-16(20)22)12-17(23-25)13-8-10-14(11-9-13)24-29(2,27)28/h4,6-11,18,24H,3,5,12H2,1-2H3. The van der Waals surface area contributed by atoms with Crippen LogP contribution in [0.15, 0.2) is 47.6 Å². The highest BCUT2D eigenvalue weighted by Gasteiger charge is 2.35. The summed E-state index contributed by atoms with van der Waals surface area (Å²) >= 11 is 6.24. The van der Waals surface area contributed by atoms with E-state index in [1.807, 2.05) is 6.92 Å².